The van der Waals surface area contributed by atoms with E-state index in [0.717, 1.165) is 6.42 Å². The standard InChI is InChI=1S/C21H46O3Si4/c1-15-20(28(14,18-4)24-26(10,11)17-3)19(5)22-27(12,13)21(6,7)23-25(8,9)16-2/h16-20H,2-4,15H2,1,5-14H3/t19-,20?,28?/m1/s1. The van der Waals surface area contributed by atoms with Gasteiger partial charge in [0, 0.05) is 11.6 Å². The molecule has 0 amide bonds. The number of rotatable bonds is 13. The molecule has 3 atom stereocenters. The highest BCUT2D eigenvalue weighted by molar-refractivity contribution is 6.90. The molecule has 0 saturated heterocycles. The van der Waals surface area contributed by atoms with Crippen LogP contribution in [-0.4, -0.2) is 44.6 Å². The van der Waals surface area contributed by atoms with Gasteiger partial charge in [0.15, 0.2) is 8.32 Å². The van der Waals surface area contributed by atoms with Gasteiger partial charge in [-0.25, -0.2) is 0 Å². The highest BCUT2D eigenvalue weighted by Gasteiger charge is 2.49. The molecule has 0 bridgehead atoms. The first-order chi connectivity index (χ1) is 12.4. The minimum Gasteiger partial charge on any atom is -0.449 e. The molecule has 0 aromatic carbocycles. The number of hydrogen-bond acceptors (Lipinski definition) is 3. The van der Waals surface area contributed by atoms with Gasteiger partial charge >= 0.3 is 0 Å². The van der Waals surface area contributed by atoms with Gasteiger partial charge in [-0.15, -0.1) is 19.7 Å². The van der Waals surface area contributed by atoms with Crippen LogP contribution in [0.1, 0.15) is 34.1 Å². The second kappa shape index (κ2) is 9.85. The summed E-state index contributed by atoms with van der Waals surface area (Å²) in [6, 6.07) is 0. The quantitative estimate of drug-likeness (QED) is 0.281. The lowest BCUT2D eigenvalue weighted by Crippen LogP contribution is -2.60. The molecule has 28 heavy (non-hydrogen) atoms. The molecule has 0 rings (SSSR count). The second-order valence-corrected chi connectivity index (χ2v) is 26.3. The maximum absolute atomic E-state index is 6.84. The summed E-state index contributed by atoms with van der Waals surface area (Å²) in [7, 11) is -8.17. The van der Waals surface area contributed by atoms with E-state index in [0.29, 0.717) is 5.54 Å². The summed E-state index contributed by atoms with van der Waals surface area (Å²) in [6.45, 7) is 36.5. The van der Waals surface area contributed by atoms with Gasteiger partial charge in [-0.2, -0.15) is 0 Å². The molecule has 0 aliphatic carbocycles. The van der Waals surface area contributed by atoms with Crippen LogP contribution in [0.25, 0.3) is 0 Å². The Bertz CT molecular complexity index is 558. The van der Waals surface area contributed by atoms with Gasteiger partial charge < -0.3 is 13.0 Å². The van der Waals surface area contributed by atoms with Crippen molar-refractivity contribution in [2.24, 2.45) is 0 Å². The van der Waals surface area contributed by atoms with Gasteiger partial charge in [0.2, 0.25) is 25.0 Å². The molecule has 0 spiro atoms. The Morgan fingerprint density at radius 2 is 1.32 bits per heavy atom. The largest absolute Gasteiger partial charge is 0.449 e. The zero-order valence-corrected chi connectivity index (χ0v) is 24.4. The third-order valence-corrected chi connectivity index (χ3v) is 20.3. The van der Waals surface area contributed by atoms with Crippen molar-refractivity contribution < 1.29 is 13.0 Å². The minimum absolute atomic E-state index is 0.0901. The average molecular weight is 459 g/mol. The molecule has 164 valence electrons. The fraction of sp³-hybridized carbons (Fsp3) is 0.714. The van der Waals surface area contributed by atoms with E-state index in [1.165, 1.54) is 0 Å². The highest BCUT2D eigenvalue weighted by atomic mass is 28.4. The van der Waals surface area contributed by atoms with Gasteiger partial charge in [0.25, 0.3) is 0 Å². The summed E-state index contributed by atoms with van der Waals surface area (Å²) >= 11 is 0. The van der Waals surface area contributed by atoms with Crippen molar-refractivity contribution in [2.45, 2.75) is 96.8 Å². The van der Waals surface area contributed by atoms with Crippen LogP contribution in [0.3, 0.4) is 0 Å². The van der Waals surface area contributed by atoms with Crippen molar-refractivity contribution in [3.63, 3.8) is 0 Å². The molecule has 0 aromatic heterocycles. The van der Waals surface area contributed by atoms with Crippen LogP contribution in [0, 0.1) is 0 Å². The topological polar surface area (TPSA) is 27.7 Å². The zero-order valence-electron chi connectivity index (χ0n) is 20.4. The van der Waals surface area contributed by atoms with Crippen LogP contribution >= 0.6 is 0 Å². The molecule has 0 fully saturated rings. The molecule has 0 N–H and O–H groups in total. The van der Waals surface area contributed by atoms with Crippen LogP contribution in [0.15, 0.2) is 36.8 Å². The fourth-order valence-electron chi connectivity index (χ4n) is 3.59. The summed E-state index contributed by atoms with van der Waals surface area (Å²) in [5.74, 6) is 0. The van der Waals surface area contributed by atoms with Crippen LogP contribution in [-0.2, 0) is 13.0 Å². The molecule has 0 saturated carbocycles. The summed E-state index contributed by atoms with van der Waals surface area (Å²) < 4.78 is 20.2. The Morgan fingerprint density at radius 1 is 0.857 bits per heavy atom. The molecular weight excluding hydrogens is 413 g/mol. The van der Waals surface area contributed by atoms with E-state index < -0.39 is 33.3 Å². The monoisotopic (exact) mass is 458 g/mol. The van der Waals surface area contributed by atoms with Gasteiger partial charge in [-0.05, 0) is 66.6 Å². The van der Waals surface area contributed by atoms with E-state index in [1.807, 2.05) is 11.4 Å². The van der Waals surface area contributed by atoms with Crippen LogP contribution in [0.4, 0.5) is 0 Å². The normalized spacial score (nSPS) is 18.1. The molecule has 0 aliphatic heterocycles. The molecule has 0 heterocycles. The maximum Gasteiger partial charge on any atom is 0.216 e. The number of hydrogen-bond donors (Lipinski definition) is 0. The van der Waals surface area contributed by atoms with Crippen molar-refractivity contribution in [3.8, 4) is 0 Å². The van der Waals surface area contributed by atoms with E-state index in [-0.39, 0.29) is 11.3 Å². The third-order valence-electron chi connectivity index (χ3n) is 6.06. The summed E-state index contributed by atoms with van der Waals surface area (Å²) in [5.41, 5.74) is 6.43. The molecular formula is C21H46O3Si4. The SMILES string of the molecule is C=C[Si](C)(C)OC(C)(C)[Si](C)(C)O[C@H](C)C(CC)[Si](C)(C=C)O[Si](C)(C)C=C. The smallest absolute Gasteiger partial charge is 0.216 e. The van der Waals surface area contributed by atoms with Crippen LogP contribution in [0.5, 0.6) is 0 Å². The highest BCUT2D eigenvalue weighted by Crippen LogP contribution is 2.38. The molecule has 3 nitrogen and oxygen atoms in total. The van der Waals surface area contributed by atoms with Crippen LogP contribution in [0.2, 0.25) is 51.4 Å². The van der Waals surface area contributed by atoms with Gasteiger partial charge in [0.1, 0.15) is 0 Å². The molecule has 7 heteroatoms. The average Bonchev–Trinajstić information content (AvgIpc) is 2.53. The van der Waals surface area contributed by atoms with Crippen molar-refractivity contribution in [3.05, 3.63) is 36.8 Å². The zero-order chi connectivity index (χ0) is 22.6. The lowest BCUT2D eigenvalue weighted by Gasteiger charge is -2.47. The molecule has 0 radical (unpaired) electrons. The van der Waals surface area contributed by atoms with E-state index in [4.69, 9.17) is 13.0 Å². The second-order valence-electron chi connectivity index (χ2n) is 10.1. The van der Waals surface area contributed by atoms with Crippen molar-refractivity contribution in [1.29, 1.82) is 0 Å². The molecule has 0 aliphatic rings. The van der Waals surface area contributed by atoms with E-state index in [1.54, 1.807) is 0 Å². The molecule has 0 aromatic rings. The lowest BCUT2D eigenvalue weighted by molar-refractivity contribution is 0.110. The fourth-order valence-corrected chi connectivity index (χ4v) is 16.2. The van der Waals surface area contributed by atoms with E-state index in [2.05, 4.69) is 99.0 Å². The van der Waals surface area contributed by atoms with Gasteiger partial charge in [0.05, 0.1) is 5.22 Å². The lowest BCUT2D eigenvalue weighted by atomic mass is 10.2. The maximum atomic E-state index is 6.84. The summed E-state index contributed by atoms with van der Waals surface area (Å²) in [4.78, 5) is 0. The van der Waals surface area contributed by atoms with E-state index in [9.17, 15) is 0 Å². The Balaban J connectivity index is 5.66. The van der Waals surface area contributed by atoms with E-state index >= 15 is 0 Å². The molecule has 2 unspecified atom stereocenters. The van der Waals surface area contributed by atoms with Crippen molar-refractivity contribution >= 4 is 33.3 Å². The minimum atomic E-state index is -2.18. The Hall–Kier alpha value is -0.0325. The summed E-state index contributed by atoms with van der Waals surface area (Å²) in [6.07, 6.45) is 1.10. The van der Waals surface area contributed by atoms with Gasteiger partial charge in [-0.1, -0.05) is 30.4 Å². The first-order valence-corrected chi connectivity index (χ1v) is 21.9. The predicted molar refractivity (Wildman–Crippen MR) is 135 cm³/mol. The Kier molecular flexibility index (Phi) is 9.84. The van der Waals surface area contributed by atoms with Crippen molar-refractivity contribution in [2.75, 3.05) is 0 Å². The Morgan fingerprint density at radius 3 is 1.68 bits per heavy atom. The van der Waals surface area contributed by atoms with Gasteiger partial charge in [-0.3, -0.25) is 0 Å². The first kappa shape index (κ1) is 28.0. The first-order valence-electron chi connectivity index (χ1n) is 10.4. The van der Waals surface area contributed by atoms with Crippen molar-refractivity contribution in [1.82, 2.24) is 0 Å². The predicted octanol–water partition coefficient (Wildman–Crippen LogP) is 6.89. The Labute approximate surface area is 179 Å². The van der Waals surface area contributed by atoms with Crippen LogP contribution < -0.4 is 0 Å². The summed E-state index contributed by atoms with van der Waals surface area (Å²) in [5, 5.41) is -0.300. The third kappa shape index (κ3) is 7.34.